The van der Waals surface area contributed by atoms with E-state index in [1.807, 2.05) is 0 Å². The number of carboxylic acid groups (broad SMARTS) is 1. The molecule has 0 bridgehead atoms. The van der Waals surface area contributed by atoms with E-state index < -0.39 is 28.9 Å². The number of aliphatic carboxylic acids is 1. The maximum atomic E-state index is 10.2. The molecule has 0 spiro atoms. The van der Waals surface area contributed by atoms with Crippen molar-refractivity contribution >= 4 is 5.97 Å². The van der Waals surface area contributed by atoms with Gasteiger partial charge in [-0.3, -0.25) is 4.79 Å². The Morgan fingerprint density at radius 3 is 2.38 bits per heavy atom. The van der Waals surface area contributed by atoms with Crippen molar-refractivity contribution in [3.8, 4) is 0 Å². The Labute approximate surface area is 89.0 Å². The van der Waals surface area contributed by atoms with Crippen LogP contribution in [0.3, 0.4) is 0 Å². The highest BCUT2D eigenvalue weighted by Gasteiger charge is 2.15. The van der Waals surface area contributed by atoms with E-state index in [4.69, 9.17) is 5.11 Å². The first kappa shape index (κ1) is 13.9. The van der Waals surface area contributed by atoms with Gasteiger partial charge in [0, 0.05) is 6.42 Å². The lowest BCUT2D eigenvalue weighted by atomic mass is 10.1. The fourth-order valence-electron chi connectivity index (χ4n) is 0.913. The molecule has 0 heterocycles. The molecule has 1 N–H and O–H groups in total. The third-order valence-electron chi connectivity index (χ3n) is 1.52. The molecule has 0 amide bonds. The molecular weight excluding hydrogens is 228 g/mol. The molecule has 0 aliphatic carbocycles. The van der Waals surface area contributed by atoms with Crippen molar-refractivity contribution in [2.45, 2.75) is 25.4 Å². The highest BCUT2D eigenvalue weighted by atomic mass is 17.0. The number of carbonyl (C=O) groups is 1. The summed E-state index contributed by atoms with van der Waals surface area (Å²) in [6.07, 6.45) is -1.24. The van der Waals surface area contributed by atoms with Crippen LogP contribution < -0.4 is 0 Å². The highest BCUT2D eigenvalue weighted by molar-refractivity contribution is 5.66. The second-order valence-electron chi connectivity index (χ2n) is 2.76. The van der Waals surface area contributed by atoms with E-state index in [1.165, 1.54) is 0 Å². The first-order valence-electron chi connectivity index (χ1n) is 4.22. The summed E-state index contributed by atoms with van der Waals surface area (Å²) in [4.78, 5) is 38.0. The summed E-state index contributed by atoms with van der Waals surface area (Å²) in [6.45, 7) is -0.604. The largest absolute Gasteiger partial charge is 0.481 e. The quantitative estimate of drug-likeness (QED) is 0.437. The van der Waals surface area contributed by atoms with Crippen LogP contribution in [0.15, 0.2) is 0 Å². The van der Waals surface area contributed by atoms with Crippen LogP contribution in [0.4, 0.5) is 0 Å². The Bertz CT molecular complexity index is 267. The minimum absolute atomic E-state index is 0.0128. The van der Waals surface area contributed by atoms with Gasteiger partial charge in [-0.1, -0.05) is 0 Å². The van der Waals surface area contributed by atoms with E-state index in [1.54, 1.807) is 0 Å². The molecule has 10 heteroatoms. The van der Waals surface area contributed by atoms with Gasteiger partial charge in [0.25, 0.3) is 10.2 Å². The molecule has 16 heavy (non-hydrogen) atoms. The average Bonchev–Trinajstić information content (AvgIpc) is 2.12. The maximum Gasteiger partial charge on any atom is 0.303 e. The van der Waals surface area contributed by atoms with Crippen LogP contribution in [0, 0.1) is 20.2 Å². The van der Waals surface area contributed by atoms with Crippen molar-refractivity contribution in [1.82, 2.24) is 0 Å². The molecule has 92 valence electrons. The van der Waals surface area contributed by atoms with E-state index in [0.717, 1.165) is 0 Å². The summed E-state index contributed by atoms with van der Waals surface area (Å²) in [7, 11) is 0. The van der Waals surface area contributed by atoms with Crippen molar-refractivity contribution in [3.05, 3.63) is 20.2 Å². The zero-order valence-electron chi connectivity index (χ0n) is 8.11. The molecule has 0 aromatic rings. The summed E-state index contributed by atoms with van der Waals surface area (Å²) in [5, 5.41) is 25.9. The average molecular weight is 238 g/mol. The lowest BCUT2D eigenvalue weighted by molar-refractivity contribution is -0.790. The van der Waals surface area contributed by atoms with Crippen LogP contribution in [0.25, 0.3) is 0 Å². The SMILES string of the molecule is O=C(O)CCC[C@H](CO[N+](=O)[O-])O[N+](=O)[O-]. The van der Waals surface area contributed by atoms with Crippen molar-refractivity contribution in [2.24, 2.45) is 0 Å². The van der Waals surface area contributed by atoms with E-state index in [0.29, 0.717) is 0 Å². The molecule has 10 nitrogen and oxygen atoms in total. The molecule has 0 radical (unpaired) electrons. The molecule has 0 aromatic heterocycles. The van der Waals surface area contributed by atoms with Crippen LogP contribution in [0.5, 0.6) is 0 Å². The third-order valence-corrected chi connectivity index (χ3v) is 1.52. The molecule has 0 rings (SSSR count). The summed E-state index contributed by atoms with van der Waals surface area (Å²) >= 11 is 0. The van der Waals surface area contributed by atoms with Crippen molar-refractivity contribution < 1.29 is 29.7 Å². The number of hydrogen-bond acceptors (Lipinski definition) is 7. The fourth-order valence-corrected chi connectivity index (χ4v) is 0.913. The lowest BCUT2D eigenvalue weighted by Crippen LogP contribution is -2.24. The monoisotopic (exact) mass is 238 g/mol. The smallest absolute Gasteiger partial charge is 0.303 e. The zero-order chi connectivity index (χ0) is 12.6. The first-order valence-corrected chi connectivity index (χ1v) is 4.22. The normalized spacial score (nSPS) is 11.5. The second kappa shape index (κ2) is 7.20. The molecular formula is C6H10N2O8. The second-order valence-corrected chi connectivity index (χ2v) is 2.76. The molecule has 0 saturated heterocycles. The predicted molar refractivity (Wildman–Crippen MR) is 46.3 cm³/mol. The summed E-state index contributed by atoms with van der Waals surface area (Å²) in [6, 6.07) is 0. The molecule has 0 aliphatic rings. The summed E-state index contributed by atoms with van der Waals surface area (Å²) < 4.78 is 0. The Balaban J connectivity index is 3.94. The predicted octanol–water partition coefficient (Wildman–Crippen LogP) is 0.0265. The van der Waals surface area contributed by atoms with Gasteiger partial charge < -0.3 is 14.8 Å². The van der Waals surface area contributed by atoms with Gasteiger partial charge in [0.15, 0.2) is 0 Å². The standard InChI is InChI=1S/C6H10N2O8/c9-6(10)3-1-2-5(16-8(13)14)4-15-7(11)12/h5H,1-4H2,(H,9,10)/t5-/m1/s1. The number of rotatable bonds is 9. The number of hydrogen-bond donors (Lipinski definition) is 1. The van der Waals surface area contributed by atoms with Crippen LogP contribution in [0.1, 0.15) is 19.3 Å². The van der Waals surface area contributed by atoms with Gasteiger partial charge in [0.1, 0.15) is 12.7 Å². The van der Waals surface area contributed by atoms with Crippen molar-refractivity contribution in [1.29, 1.82) is 0 Å². The number of nitrogens with zero attached hydrogens (tertiary/aromatic N) is 2. The van der Waals surface area contributed by atoms with Gasteiger partial charge in [-0.2, -0.15) is 0 Å². The highest BCUT2D eigenvalue weighted by Crippen LogP contribution is 2.06. The van der Waals surface area contributed by atoms with Crippen LogP contribution in [-0.2, 0) is 14.5 Å². The lowest BCUT2D eigenvalue weighted by Gasteiger charge is -2.12. The Morgan fingerprint density at radius 1 is 1.31 bits per heavy atom. The Kier molecular flexibility index (Phi) is 6.24. The maximum absolute atomic E-state index is 10.2. The minimum atomic E-state index is -1.14. The zero-order valence-corrected chi connectivity index (χ0v) is 8.11. The minimum Gasteiger partial charge on any atom is -0.481 e. The first-order chi connectivity index (χ1) is 7.41. The molecule has 0 aliphatic heterocycles. The van der Waals surface area contributed by atoms with Crippen molar-refractivity contribution in [2.75, 3.05) is 6.61 Å². The van der Waals surface area contributed by atoms with Gasteiger partial charge in [-0.15, -0.1) is 20.2 Å². The Morgan fingerprint density at radius 2 is 1.94 bits per heavy atom. The Hall–Kier alpha value is -2.13. The molecule has 0 fully saturated rings. The van der Waals surface area contributed by atoms with Gasteiger partial charge in [0.05, 0.1) is 0 Å². The van der Waals surface area contributed by atoms with Gasteiger partial charge in [0.2, 0.25) is 0 Å². The van der Waals surface area contributed by atoms with E-state index >= 15 is 0 Å². The third kappa shape index (κ3) is 8.47. The van der Waals surface area contributed by atoms with Crippen LogP contribution >= 0.6 is 0 Å². The summed E-state index contributed by atoms with van der Waals surface area (Å²) in [5.41, 5.74) is 0. The van der Waals surface area contributed by atoms with Crippen molar-refractivity contribution in [3.63, 3.8) is 0 Å². The summed E-state index contributed by atoms with van der Waals surface area (Å²) in [5.74, 6) is -1.06. The molecule has 0 saturated carbocycles. The molecule has 0 aromatic carbocycles. The van der Waals surface area contributed by atoms with E-state index in [-0.39, 0.29) is 19.3 Å². The van der Waals surface area contributed by atoms with Gasteiger partial charge >= 0.3 is 5.97 Å². The van der Waals surface area contributed by atoms with E-state index in [9.17, 15) is 25.0 Å². The topological polar surface area (TPSA) is 142 Å². The fraction of sp³-hybridized carbons (Fsp3) is 0.833. The number of carboxylic acids is 1. The van der Waals surface area contributed by atoms with E-state index in [2.05, 4.69) is 9.68 Å². The van der Waals surface area contributed by atoms with Gasteiger partial charge in [-0.05, 0) is 12.8 Å². The van der Waals surface area contributed by atoms with Crippen LogP contribution in [0.2, 0.25) is 0 Å². The van der Waals surface area contributed by atoms with Gasteiger partial charge in [-0.25, -0.2) is 0 Å². The molecule has 1 atom stereocenters. The molecule has 0 unspecified atom stereocenters. The van der Waals surface area contributed by atoms with Crippen LogP contribution in [-0.4, -0.2) is 34.0 Å².